The van der Waals surface area contributed by atoms with Crippen molar-refractivity contribution in [3.05, 3.63) is 17.0 Å². The van der Waals surface area contributed by atoms with Gasteiger partial charge in [0.1, 0.15) is 0 Å². The van der Waals surface area contributed by atoms with Crippen LogP contribution in [0.4, 0.5) is 0 Å². The Morgan fingerprint density at radius 2 is 1.82 bits per heavy atom. The quantitative estimate of drug-likeness (QED) is 0.819. The van der Waals surface area contributed by atoms with Gasteiger partial charge in [0, 0.05) is 5.69 Å². The Kier molecular flexibility index (Phi) is 4.21. The van der Waals surface area contributed by atoms with Crippen molar-refractivity contribution in [3.63, 3.8) is 0 Å². The van der Waals surface area contributed by atoms with Gasteiger partial charge in [-0.3, -0.25) is 4.68 Å². The van der Waals surface area contributed by atoms with Gasteiger partial charge < -0.3 is 5.73 Å². The van der Waals surface area contributed by atoms with Crippen LogP contribution in [0.1, 0.15) is 61.5 Å². The Hall–Kier alpha value is -0.830. The molecule has 3 heteroatoms. The second kappa shape index (κ2) is 5.67. The number of nitrogens with two attached hydrogens (primary N) is 1. The van der Waals surface area contributed by atoms with Crippen LogP contribution in [0, 0.1) is 13.8 Å². The molecule has 0 aliphatic heterocycles. The summed E-state index contributed by atoms with van der Waals surface area (Å²) in [6.07, 6.45) is 9.06. The minimum Gasteiger partial charge on any atom is -0.330 e. The average Bonchev–Trinajstić information content (AvgIpc) is 2.55. The van der Waals surface area contributed by atoms with E-state index in [4.69, 9.17) is 10.8 Å². The van der Waals surface area contributed by atoms with E-state index in [0.29, 0.717) is 6.04 Å². The van der Waals surface area contributed by atoms with Gasteiger partial charge in [-0.25, -0.2) is 0 Å². The molecule has 1 aliphatic carbocycles. The van der Waals surface area contributed by atoms with Crippen LogP contribution < -0.4 is 5.73 Å². The molecular formula is C14H25N3. The van der Waals surface area contributed by atoms with E-state index in [9.17, 15) is 0 Å². The lowest BCUT2D eigenvalue weighted by Gasteiger charge is -2.17. The van der Waals surface area contributed by atoms with Crippen molar-refractivity contribution in [2.75, 3.05) is 6.54 Å². The molecule has 1 aliphatic rings. The van der Waals surface area contributed by atoms with Crippen LogP contribution >= 0.6 is 0 Å². The minimum absolute atomic E-state index is 0.628. The first-order chi connectivity index (χ1) is 8.24. The summed E-state index contributed by atoms with van der Waals surface area (Å²) in [4.78, 5) is 0. The highest BCUT2D eigenvalue weighted by molar-refractivity contribution is 5.25. The van der Waals surface area contributed by atoms with E-state index in [1.54, 1.807) is 0 Å². The fourth-order valence-corrected chi connectivity index (χ4v) is 3.06. The molecule has 17 heavy (non-hydrogen) atoms. The van der Waals surface area contributed by atoms with Gasteiger partial charge in [-0.1, -0.05) is 25.7 Å². The number of nitrogens with zero attached hydrogens (tertiary/aromatic N) is 2. The Balaban J connectivity index is 2.22. The van der Waals surface area contributed by atoms with E-state index in [1.165, 1.54) is 55.5 Å². The SMILES string of the molecule is Cc1nn(C2CCCCCC2)c(C)c1CCN. The van der Waals surface area contributed by atoms with E-state index in [2.05, 4.69) is 18.5 Å². The normalized spacial score (nSPS) is 18.3. The molecule has 0 bridgehead atoms. The van der Waals surface area contributed by atoms with E-state index < -0.39 is 0 Å². The van der Waals surface area contributed by atoms with Crippen LogP contribution in [-0.4, -0.2) is 16.3 Å². The Morgan fingerprint density at radius 1 is 1.18 bits per heavy atom. The van der Waals surface area contributed by atoms with Crippen LogP contribution in [0.5, 0.6) is 0 Å². The van der Waals surface area contributed by atoms with Gasteiger partial charge in [-0.05, 0) is 45.2 Å². The van der Waals surface area contributed by atoms with Crippen LogP contribution in [0.3, 0.4) is 0 Å². The van der Waals surface area contributed by atoms with Gasteiger partial charge in [-0.2, -0.15) is 5.10 Å². The van der Waals surface area contributed by atoms with E-state index in [-0.39, 0.29) is 0 Å². The van der Waals surface area contributed by atoms with Crippen molar-refractivity contribution in [1.29, 1.82) is 0 Å². The monoisotopic (exact) mass is 235 g/mol. The molecule has 1 saturated carbocycles. The zero-order chi connectivity index (χ0) is 12.3. The van der Waals surface area contributed by atoms with Gasteiger partial charge >= 0.3 is 0 Å². The summed E-state index contributed by atoms with van der Waals surface area (Å²) < 4.78 is 2.28. The van der Waals surface area contributed by atoms with Gasteiger partial charge in [0.05, 0.1) is 11.7 Å². The molecule has 1 heterocycles. The van der Waals surface area contributed by atoms with E-state index in [1.807, 2.05) is 0 Å². The summed E-state index contributed by atoms with van der Waals surface area (Å²) in [5.41, 5.74) is 9.57. The van der Waals surface area contributed by atoms with Crippen molar-refractivity contribution in [1.82, 2.24) is 9.78 Å². The lowest BCUT2D eigenvalue weighted by Crippen LogP contribution is -2.12. The molecule has 0 aromatic carbocycles. The molecule has 1 aromatic rings. The largest absolute Gasteiger partial charge is 0.330 e. The summed E-state index contributed by atoms with van der Waals surface area (Å²) in [7, 11) is 0. The second-order valence-corrected chi connectivity index (χ2v) is 5.28. The predicted octanol–water partition coefficient (Wildman–Crippen LogP) is 2.90. The van der Waals surface area contributed by atoms with Crippen LogP contribution in [0.15, 0.2) is 0 Å². The molecule has 1 fully saturated rings. The van der Waals surface area contributed by atoms with Crippen molar-refractivity contribution in [2.45, 2.75) is 64.8 Å². The third-order valence-corrected chi connectivity index (χ3v) is 4.04. The molecular weight excluding hydrogens is 210 g/mol. The average molecular weight is 235 g/mol. The maximum absolute atomic E-state index is 5.67. The van der Waals surface area contributed by atoms with Crippen LogP contribution in [0.25, 0.3) is 0 Å². The topological polar surface area (TPSA) is 43.8 Å². The number of aryl methyl sites for hydroxylation is 1. The van der Waals surface area contributed by atoms with Crippen LogP contribution in [0.2, 0.25) is 0 Å². The molecule has 2 rings (SSSR count). The summed E-state index contributed by atoms with van der Waals surface area (Å²) in [6.45, 7) is 5.04. The number of aromatic nitrogens is 2. The molecule has 0 atom stereocenters. The van der Waals surface area contributed by atoms with E-state index >= 15 is 0 Å². The Labute approximate surface area is 104 Å². The zero-order valence-corrected chi connectivity index (χ0v) is 11.2. The summed E-state index contributed by atoms with van der Waals surface area (Å²) >= 11 is 0. The molecule has 0 unspecified atom stereocenters. The zero-order valence-electron chi connectivity index (χ0n) is 11.2. The standard InChI is InChI=1S/C14H25N3/c1-11-14(9-10-15)12(2)17(16-11)13-7-5-3-4-6-8-13/h13H,3-10,15H2,1-2H3. The lowest BCUT2D eigenvalue weighted by molar-refractivity contribution is 0.396. The van der Waals surface area contributed by atoms with Crippen molar-refractivity contribution in [2.24, 2.45) is 5.73 Å². The number of hydrogen-bond acceptors (Lipinski definition) is 2. The number of rotatable bonds is 3. The molecule has 0 radical (unpaired) electrons. The summed E-state index contributed by atoms with van der Waals surface area (Å²) in [5, 5.41) is 4.76. The molecule has 0 spiro atoms. The molecule has 0 saturated heterocycles. The predicted molar refractivity (Wildman–Crippen MR) is 71.2 cm³/mol. The molecule has 1 aromatic heterocycles. The van der Waals surface area contributed by atoms with Crippen molar-refractivity contribution < 1.29 is 0 Å². The van der Waals surface area contributed by atoms with Crippen molar-refractivity contribution in [3.8, 4) is 0 Å². The van der Waals surface area contributed by atoms with Crippen molar-refractivity contribution >= 4 is 0 Å². The molecule has 2 N–H and O–H groups in total. The van der Waals surface area contributed by atoms with Gasteiger partial charge in [-0.15, -0.1) is 0 Å². The first-order valence-corrected chi connectivity index (χ1v) is 6.98. The van der Waals surface area contributed by atoms with E-state index in [0.717, 1.165) is 13.0 Å². The lowest BCUT2D eigenvalue weighted by atomic mass is 10.1. The highest BCUT2D eigenvalue weighted by atomic mass is 15.3. The second-order valence-electron chi connectivity index (χ2n) is 5.28. The highest BCUT2D eigenvalue weighted by Crippen LogP contribution is 2.29. The summed E-state index contributed by atoms with van der Waals surface area (Å²) in [6, 6.07) is 0.628. The first kappa shape index (κ1) is 12.6. The molecule has 96 valence electrons. The third-order valence-electron chi connectivity index (χ3n) is 4.04. The van der Waals surface area contributed by atoms with Gasteiger partial charge in [0.25, 0.3) is 0 Å². The van der Waals surface area contributed by atoms with Gasteiger partial charge in [0.2, 0.25) is 0 Å². The fourth-order valence-electron chi connectivity index (χ4n) is 3.06. The third kappa shape index (κ3) is 2.71. The summed E-state index contributed by atoms with van der Waals surface area (Å²) in [5.74, 6) is 0. The maximum Gasteiger partial charge on any atom is 0.0629 e. The van der Waals surface area contributed by atoms with Gasteiger partial charge in [0.15, 0.2) is 0 Å². The van der Waals surface area contributed by atoms with Crippen LogP contribution in [-0.2, 0) is 6.42 Å². The first-order valence-electron chi connectivity index (χ1n) is 6.98. The smallest absolute Gasteiger partial charge is 0.0629 e. The Morgan fingerprint density at radius 3 is 2.41 bits per heavy atom. The minimum atomic E-state index is 0.628. The molecule has 3 nitrogen and oxygen atoms in total. The highest BCUT2D eigenvalue weighted by Gasteiger charge is 2.19. The Bertz CT molecular complexity index is 360. The fraction of sp³-hybridized carbons (Fsp3) is 0.786. The number of hydrogen-bond donors (Lipinski definition) is 1. The maximum atomic E-state index is 5.67. The molecule has 0 amide bonds.